The number of anilines is 3. The van der Waals surface area contributed by atoms with Gasteiger partial charge >= 0.3 is 0 Å². The molecular formula is C18H23N5O2S2. The lowest BCUT2D eigenvalue weighted by molar-refractivity contribution is -0.117. The first-order valence-electron chi connectivity index (χ1n) is 8.92. The Morgan fingerprint density at radius 2 is 2.15 bits per heavy atom. The van der Waals surface area contributed by atoms with Gasteiger partial charge in [0.05, 0.1) is 17.1 Å². The van der Waals surface area contributed by atoms with Gasteiger partial charge in [-0.15, -0.1) is 10.2 Å². The highest BCUT2D eigenvalue weighted by Gasteiger charge is 2.24. The molecule has 9 heteroatoms. The third kappa shape index (κ3) is 5.43. The van der Waals surface area contributed by atoms with E-state index in [9.17, 15) is 9.59 Å². The number of nitrogens with zero attached hydrogens (tertiary/aromatic N) is 3. The van der Waals surface area contributed by atoms with Gasteiger partial charge in [-0.2, -0.15) is 0 Å². The van der Waals surface area contributed by atoms with Crippen molar-refractivity contribution in [2.45, 2.75) is 31.0 Å². The third-order valence-electron chi connectivity index (χ3n) is 3.94. The van der Waals surface area contributed by atoms with Gasteiger partial charge in [0, 0.05) is 19.5 Å². The average molecular weight is 406 g/mol. The van der Waals surface area contributed by atoms with Crippen molar-refractivity contribution < 1.29 is 9.59 Å². The van der Waals surface area contributed by atoms with E-state index in [0.29, 0.717) is 24.6 Å². The minimum absolute atomic E-state index is 0.0985. The number of aromatic nitrogens is 2. The standard InChI is InChI=1S/C18H23N5O2S2/c1-12(2)10-19-17-21-22-18(27-17)26-11-15(24)20-13-6-3-4-7-14(13)23-9-5-8-16(23)25/h3-4,6-7,12H,5,8-11H2,1-2H3,(H,19,21)(H,20,24). The number of thioether (sulfide) groups is 1. The molecule has 2 N–H and O–H groups in total. The summed E-state index contributed by atoms with van der Waals surface area (Å²) in [5, 5.41) is 15.1. The van der Waals surface area contributed by atoms with Gasteiger partial charge in [0.2, 0.25) is 16.9 Å². The van der Waals surface area contributed by atoms with Gasteiger partial charge in [0.15, 0.2) is 4.34 Å². The maximum atomic E-state index is 12.4. The summed E-state index contributed by atoms with van der Waals surface area (Å²) in [5.41, 5.74) is 1.42. The highest BCUT2D eigenvalue weighted by Crippen LogP contribution is 2.30. The third-order valence-corrected chi connectivity index (χ3v) is 5.95. The zero-order valence-electron chi connectivity index (χ0n) is 15.4. The Morgan fingerprint density at radius 3 is 2.89 bits per heavy atom. The Balaban J connectivity index is 1.55. The molecule has 144 valence electrons. The minimum atomic E-state index is -0.133. The predicted molar refractivity (Wildman–Crippen MR) is 111 cm³/mol. The van der Waals surface area contributed by atoms with Crippen LogP contribution in [0, 0.1) is 5.92 Å². The molecule has 7 nitrogen and oxygen atoms in total. The quantitative estimate of drug-likeness (QED) is 0.654. The van der Waals surface area contributed by atoms with Gasteiger partial charge in [0.1, 0.15) is 0 Å². The van der Waals surface area contributed by atoms with Gasteiger partial charge in [0.25, 0.3) is 0 Å². The number of rotatable bonds is 8. The highest BCUT2D eigenvalue weighted by molar-refractivity contribution is 8.01. The summed E-state index contributed by atoms with van der Waals surface area (Å²) in [6, 6.07) is 7.41. The Labute approximate surface area is 166 Å². The molecule has 1 aliphatic rings. The SMILES string of the molecule is CC(C)CNc1nnc(SCC(=O)Nc2ccccc2N2CCCC2=O)s1. The van der Waals surface area contributed by atoms with Crippen molar-refractivity contribution in [2.24, 2.45) is 5.92 Å². The molecule has 0 atom stereocenters. The normalized spacial score (nSPS) is 14.0. The summed E-state index contributed by atoms with van der Waals surface area (Å²) in [4.78, 5) is 26.1. The van der Waals surface area contributed by atoms with E-state index in [1.165, 1.54) is 23.1 Å². The summed E-state index contributed by atoms with van der Waals surface area (Å²) < 4.78 is 0.749. The molecule has 0 spiro atoms. The van der Waals surface area contributed by atoms with Crippen LogP contribution in [-0.4, -0.2) is 40.9 Å². The second-order valence-electron chi connectivity index (χ2n) is 6.65. The Bertz CT molecular complexity index is 809. The van der Waals surface area contributed by atoms with Crippen LogP contribution in [0.5, 0.6) is 0 Å². The second-order valence-corrected chi connectivity index (χ2v) is 8.85. The number of nitrogens with one attached hydrogen (secondary N) is 2. The molecule has 0 unspecified atom stereocenters. The van der Waals surface area contributed by atoms with E-state index in [1.807, 2.05) is 24.3 Å². The maximum absolute atomic E-state index is 12.4. The average Bonchev–Trinajstić information content (AvgIpc) is 3.27. The molecular weight excluding hydrogens is 382 g/mol. The van der Waals surface area contributed by atoms with Crippen molar-refractivity contribution in [3.05, 3.63) is 24.3 Å². The van der Waals surface area contributed by atoms with Crippen molar-refractivity contribution in [3.63, 3.8) is 0 Å². The fourth-order valence-corrected chi connectivity index (χ4v) is 4.22. The Hall–Kier alpha value is -2.13. The molecule has 2 aromatic rings. The number of para-hydroxylation sites is 2. The van der Waals surface area contributed by atoms with E-state index in [1.54, 1.807) is 4.90 Å². The van der Waals surface area contributed by atoms with E-state index in [2.05, 4.69) is 34.7 Å². The number of carbonyl (C=O) groups is 2. The number of amides is 2. The first kappa shape index (κ1) is 19.6. The van der Waals surface area contributed by atoms with Crippen LogP contribution >= 0.6 is 23.1 Å². The Morgan fingerprint density at radius 1 is 1.33 bits per heavy atom. The number of hydrogen-bond donors (Lipinski definition) is 2. The first-order chi connectivity index (χ1) is 13.0. The van der Waals surface area contributed by atoms with E-state index >= 15 is 0 Å². The van der Waals surface area contributed by atoms with Crippen molar-refractivity contribution in [1.29, 1.82) is 0 Å². The smallest absolute Gasteiger partial charge is 0.234 e. The molecule has 0 aliphatic carbocycles. The van der Waals surface area contributed by atoms with Crippen molar-refractivity contribution in [1.82, 2.24) is 10.2 Å². The zero-order chi connectivity index (χ0) is 19.2. The van der Waals surface area contributed by atoms with Crippen LogP contribution in [0.1, 0.15) is 26.7 Å². The van der Waals surface area contributed by atoms with Crippen molar-refractivity contribution >= 4 is 51.4 Å². The molecule has 0 bridgehead atoms. The molecule has 1 aromatic carbocycles. The first-order valence-corrected chi connectivity index (χ1v) is 10.7. The van der Waals surface area contributed by atoms with Crippen LogP contribution in [0.25, 0.3) is 0 Å². The van der Waals surface area contributed by atoms with E-state index < -0.39 is 0 Å². The zero-order valence-corrected chi connectivity index (χ0v) is 17.0. The Kier molecular flexibility index (Phi) is 6.68. The molecule has 3 rings (SSSR count). The molecule has 1 aliphatic heterocycles. The van der Waals surface area contributed by atoms with Gasteiger partial charge < -0.3 is 15.5 Å². The molecule has 1 aromatic heterocycles. The van der Waals surface area contributed by atoms with E-state index in [-0.39, 0.29) is 17.6 Å². The van der Waals surface area contributed by atoms with Crippen molar-refractivity contribution in [3.8, 4) is 0 Å². The summed E-state index contributed by atoms with van der Waals surface area (Å²) in [6.45, 7) is 5.78. The van der Waals surface area contributed by atoms with E-state index in [0.717, 1.165) is 28.1 Å². The molecule has 0 radical (unpaired) electrons. The summed E-state index contributed by atoms with van der Waals surface area (Å²) in [6.07, 6.45) is 1.41. The number of hydrogen-bond acceptors (Lipinski definition) is 7. The van der Waals surface area contributed by atoms with Gasteiger partial charge in [-0.25, -0.2) is 0 Å². The van der Waals surface area contributed by atoms with Gasteiger partial charge in [-0.1, -0.05) is 49.1 Å². The van der Waals surface area contributed by atoms with Crippen LogP contribution in [0.3, 0.4) is 0 Å². The lowest BCUT2D eigenvalue weighted by atomic mass is 10.2. The summed E-state index contributed by atoms with van der Waals surface area (Å²) in [5.74, 6) is 0.729. The fraction of sp³-hybridized carbons (Fsp3) is 0.444. The molecule has 27 heavy (non-hydrogen) atoms. The lowest BCUT2D eigenvalue weighted by Gasteiger charge is -2.19. The fourth-order valence-electron chi connectivity index (χ4n) is 2.66. The number of benzene rings is 1. The summed E-state index contributed by atoms with van der Waals surface area (Å²) in [7, 11) is 0. The number of carbonyl (C=O) groups excluding carboxylic acids is 2. The lowest BCUT2D eigenvalue weighted by Crippen LogP contribution is -2.25. The highest BCUT2D eigenvalue weighted by atomic mass is 32.2. The van der Waals surface area contributed by atoms with Crippen LogP contribution in [0.2, 0.25) is 0 Å². The molecule has 2 heterocycles. The minimum Gasteiger partial charge on any atom is -0.360 e. The van der Waals surface area contributed by atoms with Crippen LogP contribution in [0.15, 0.2) is 28.6 Å². The topological polar surface area (TPSA) is 87.2 Å². The predicted octanol–water partition coefficient (Wildman–Crippen LogP) is 3.46. The second kappa shape index (κ2) is 9.18. The van der Waals surface area contributed by atoms with Crippen LogP contribution in [0.4, 0.5) is 16.5 Å². The molecule has 0 saturated carbocycles. The van der Waals surface area contributed by atoms with Crippen LogP contribution < -0.4 is 15.5 Å². The van der Waals surface area contributed by atoms with Gasteiger partial charge in [-0.3, -0.25) is 9.59 Å². The maximum Gasteiger partial charge on any atom is 0.234 e. The molecule has 1 fully saturated rings. The largest absolute Gasteiger partial charge is 0.360 e. The molecule has 1 saturated heterocycles. The van der Waals surface area contributed by atoms with E-state index in [4.69, 9.17) is 0 Å². The van der Waals surface area contributed by atoms with Crippen molar-refractivity contribution in [2.75, 3.05) is 34.4 Å². The van der Waals surface area contributed by atoms with Gasteiger partial charge in [-0.05, 0) is 24.5 Å². The monoisotopic (exact) mass is 405 g/mol. The van der Waals surface area contributed by atoms with Crippen LogP contribution in [-0.2, 0) is 9.59 Å². The summed E-state index contributed by atoms with van der Waals surface area (Å²) >= 11 is 2.80. The molecule has 2 amide bonds.